The lowest BCUT2D eigenvalue weighted by molar-refractivity contribution is -0.115. The molecule has 1 heterocycles. The number of rotatable bonds is 0. The maximum Gasteiger partial charge on any atom is 0.170 e. The molecule has 0 fully saturated rings. The molecule has 3 aliphatic rings. The summed E-state index contributed by atoms with van der Waals surface area (Å²) in [5, 5.41) is 0. The van der Waals surface area contributed by atoms with Gasteiger partial charge in [-0.2, -0.15) is 0 Å². The first-order valence-electron chi connectivity index (χ1n) is 9.79. The number of carbonyl (C=O) groups excluding carboxylic acids is 2. The molecule has 0 unspecified atom stereocenters. The van der Waals surface area contributed by atoms with E-state index in [-0.39, 0.29) is 0 Å². The van der Waals surface area contributed by atoms with Gasteiger partial charge in [0.05, 0.1) is 9.81 Å². The van der Waals surface area contributed by atoms with Crippen LogP contribution in [0, 0.1) is 0 Å². The molecular formula is C20H28O2S4. The summed E-state index contributed by atoms with van der Waals surface area (Å²) in [7, 11) is 0. The van der Waals surface area contributed by atoms with Gasteiger partial charge in [-0.1, -0.05) is 12.8 Å². The molecule has 144 valence electrons. The molecule has 0 aromatic carbocycles. The minimum Gasteiger partial charge on any atom is -0.294 e. The summed E-state index contributed by atoms with van der Waals surface area (Å²) in [6.07, 6.45) is 10.6. The van der Waals surface area contributed by atoms with E-state index in [1.54, 1.807) is 23.5 Å². The van der Waals surface area contributed by atoms with Crippen molar-refractivity contribution in [2.24, 2.45) is 0 Å². The average molecular weight is 429 g/mol. The highest BCUT2D eigenvalue weighted by molar-refractivity contribution is 8.07. The number of carbonyl (C=O) groups is 2. The smallest absolute Gasteiger partial charge is 0.170 e. The van der Waals surface area contributed by atoms with Crippen LogP contribution in [0.1, 0.15) is 64.2 Å². The molecule has 0 radical (unpaired) electrons. The van der Waals surface area contributed by atoms with Crippen LogP contribution in [0.3, 0.4) is 0 Å². The van der Waals surface area contributed by atoms with Crippen molar-refractivity contribution in [1.82, 2.24) is 0 Å². The summed E-state index contributed by atoms with van der Waals surface area (Å²) in [6, 6.07) is 0. The van der Waals surface area contributed by atoms with Crippen molar-refractivity contribution in [3.05, 3.63) is 19.6 Å². The molecule has 1 aliphatic heterocycles. The molecule has 0 saturated carbocycles. The fourth-order valence-electron chi connectivity index (χ4n) is 3.32. The van der Waals surface area contributed by atoms with Gasteiger partial charge in [0.2, 0.25) is 0 Å². The SMILES string of the molecule is O=C1CCC2=C1SCCCCCSC1=C(CCC1=O)SCCCCCS2. The number of ketones is 2. The summed E-state index contributed by atoms with van der Waals surface area (Å²) in [6.45, 7) is 0. The van der Waals surface area contributed by atoms with E-state index in [1.807, 2.05) is 23.5 Å². The van der Waals surface area contributed by atoms with Crippen LogP contribution in [0.2, 0.25) is 0 Å². The van der Waals surface area contributed by atoms with E-state index >= 15 is 0 Å². The van der Waals surface area contributed by atoms with Gasteiger partial charge in [0.1, 0.15) is 0 Å². The van der Waals surface area contributed by atoms with Crippen LogP contribution < -0.4 is 0 Å². The van der Waals surface area contributed by atoms with E-state index < -0.39 is 0 Å². The van der Waals surface area contributed by atoms with E-state index in [2.05, 4.69) is 0 Å². The summed E-state index contributed by atoms with van der Waals surface area (Å²) in [5.74, 6) is 5.13. The van der Waals surface area contributed by atoms with Crippen molar-refractivity contribution in [3.63, 3.8) is 0 Å². The first-order valence-corrected chi connectivity index (χ1v) is 13.7. The monoisotopic (exact) mass is 428 g/mol. The van der Waals surface area contributed by atoms with E-state index in [4.69, 9.17) is 0 Å². The van der Waals surface area contributed by atoms with Gasteiger partial charge in [-0.05, 0) is 61.5 Å². The average Bonchev–Trinajstić information content (AvgIpc) is 3.16. The highest BCUT2D eigenvalue weighted by atomic mass is 32.2. The van der Waals surface area contributed by atoms with E-state index in [9.17, 15) is 9.59 Å². The largest absolute Gasteiger partial charge is 0.294 e. The van der Waals surface area contributed by atoms with Crippen LogP contribution in [0.25, 0.3) is 0 Å². The Bertz CT molecular complexity index is 545. The highest BCUT2D eigenvalue weighted by Gasteiger charge is 2.24. The van der Waals surface area contributed by atoms with Crippen molar-refractivity contribution in [1.29, 1.82) is 0 Å². The minimum absolute atomic E-state index is 0.373. The van der Waals surface area contributed by atoms with Gasteiger partial charge in [0, 0.05) is 22.7 Å². The van der Waals surface area contributed by atoms with Gasteiger partial charge >= 0.3 is 0 Å². The Morgan fingerprint density at radius 3 is 1.27 bits per heavy atom. The van der Waals surface area contributed by atoms with E-state index in [0.29, 0.717) is 11.6 Å². The molecule has 0 atom stereocenters. The summed E-state index contributed by atoms with van der Waals surface area (Å²) < 4.78 is 0. The van der Waals surface area contributed by atoms with Crippen LogP contribution in [-0.4, -0.2) is 34.6 Å². The predicted octanol–water partition coefficient (Wildman–Crippen LogP) is 6.42. The standard InChI is InChI=1S/C20H28O2S4/c21-15-7-9-17-19(15)25-13-5-2-6-14-26-20-16(22)8-10-18(20)24-12-4-1-3-11-23-17/h1-14H2. The Balaban J connectivity index is 1.54. The number of thioether (sulfide) groups is 4. The molecule has 0 amide bonds. The first-order chi connectivity index (χ1) is 12.8. The van der Waals surface area contributed by atoms with Gasteiger partial charge in [0.15, 0.2) is 11.6 Å². The first kappa shape index (κ1) is 20.9. The molecule has 0 aromatic heterocycles. The van der Waals surface area contributed by atoms with Crippen LogP contribution in [0.15, 0.2) is 19.6 Å². The summed E-state index contributed by atoms with van der Waals surface area (Å²) >= 11 is 7.45. The molecule has 0 aromatic rings. The maximum atomic E-state index is 12.1. The molecule has 6 heteroatoms. The molecule has 3 rings (SSSR count). The second kappa shape index (κ2) is 11.3. The van der Waals surface area contributed by atoms with Gasteiger partial charge in [0.25, 0.3) is 0 Å². The number of hydrogen-bond acceptors (Lipinski definition) is 6. The van der Waals surface area contributed by atoms with Gasteiger partial charge in [-0.15, -0.1) is 47.0 Å². The molecule has 0 bridgehead atoms. The molecule has 2 nitrogen and oxygen atoms in total. The zero-order valence-electron chi connectivity index (χ0n) is 15.3. The predicted molar refractivity (Wildman–Crippen MR) is 120 cm³/mol. The topological polar surface area (TPSA) is 34.1 Å². The van der Waals surface area contributed by atoms with E-state index in [1.165, 1.54) is 35.5 Å². The van der Waals surface area contributed by atoms with E-state index in [0.717, 1.165) is 71.3 Å². The lowest BCUT2D eigenvalue weighted by Gasteiger charge is -2.09. The molecule has 0 N–H and O–H groups in total. The van der Waals surface area contributed by atoms with Crippen molar-refractivity contribution in [2.45, 2.75) is 64.2 Å². The van der Waals surface area contributed by atoms with Crippen LogP contribution in [0.4, 0.5) is 0 Å². The summed E-state index contributed by atoms with van der Waals surface area (Å²) in [4.78, 5) is 29.2. The van der Waals surface area contributed by atoms with Gasteiger partial charge < -0.3 is 0 Å². The van der Waals surface area contributed by atoms with Crippen molar-refractivity contribution < 1.29 is 9.59 Å². The van der Waals surface area contributed by atoms with Gasteiger partial charge in [-0.3, -0.25) is 9.59 Å². The van der Waals surface area contributed by atoms with Gasteiger partial charge in [-0.25, -0.2) is 0 Å². The highest BCUT2D eigenvalue weighted by Crippen LogP contribution is 2.40. The van der Waals surface area contributed by atoms with Crippen LogP contribution >= 0.6 is 47.0 Å². The molecule has 0 saturated heterocycles. The normalized spacial score (nSPS) is 25.1. The molecule has 0 spiro atoms. The number of hydrogen-bond donors (Lipinski definition) is 0. The van der Waals surface area contributed by atoms with Crippen LogP contribution in [-0.2, 0) is 9.59 Å². The fraction of sp³-hybridized carbons (Fsp3) is 0.700. The number of Topliss-reactive ketones (excluding diaryl/α,β-unsaturated/α-hetero) is 2. The third-order valence-electron chi connectivity index (χ3n) is 4.79. The zero-order valence-corrected chi connectivity index (χ0v) is 18.6. The second-order valence-corrected chi connectivity index (χ2v) is 11.5. The van der Waals surface area contributed by atoms with Crippen LogP contribution in [0.5, 0.6) is 0 Å². The third kappa shape index (κ3) is 6.11. The zero-order chi connectivity index (χ0) is 18.2. The number of allylic oxidation sites excluding steroid dienone is 4. The molecule has 26 heavy (non-hydrogen) atoms. The van der Waals surface area contributed by atoms with Crippen molar-refractivity contribution >= 4 is 58.6 Å². The third-order valence-corrected chi connectivity index (χ3v) is 10.1. The maximum absolute atomic E-state index is 12.1. The minimum atomic E-state index is 0.373. The quantitative estimate of drug-likeness (QED) is 0.443. The Labute approximate surface area is 174 Å². The Kier molecular flexibility index (Phi) is 9.08. The second-order valence-electron chi connectivity index (χ2n) is 6.87. The fourth-order valence-corrected chi connectivity index (χ4v) is 8.35. The molecular weight excluding hydrogens is 400 g/mol. The Morgan fingerprint density at radius 1 is 0.462 bits per heavy atom. The lowest BCUT2D eigenvalue weighted by Crippen LogP contribution is -1.96. The Hall–Kier alpha value is 0.220. The van der Waals surface area contributed by atoms with Crippen molar-refractivity contribution in [3.8, 4) is 0 Å². The molecule has 2 aliphatic carbocycles. The van der Waals surface area contributed by atoms with Crippen molar-refractivity contribution in [2.75, 3.05) is 23.0 Å². The Morgan fingerprint density at radius 2 is 0.846 bits per heavy atom. The lowest BCUT2D eigenvalue weighted by atomic mass is 10.3. The summed E-state index contributed by atoms with van der Waals surface area (Å²) in [5.41, 5.74) is 0.